The molecule has 1 aromatic heterocycles. The highest BCUT2D eigenvalue weighted by molar-refractivity contribution is 9.10. The Bertz CT molecular complexity index is 640. The molecule has 0 aliphatic rings. The van der Waals surface area contributed by atoms with Crippen LogP contribution in [0, 0.1) is 10.1 Å². The third-order valence-corrected chi connectivity index (χ3v) is 3.90. The molecule has 0 unspecified atom stereocenters. The van der Waals surface area contributed by atoms with E-state index in [2.05, 4.69) is 40.1 Å². The molecule has 0 saturated heterocycles. The van der Waals surface area contributed by atoms with Gasteiger partial charge in [-0.3, -0.25) is 10.1 Å². The summed E-state index contributed by atoms with van der Waals surface area (Å²) in [6.07, 6.45) is 3.68. The molecule has 0 amide bonds. The van der Waals surface area contributed by atoms with Crippen molar-refractivity contribution in [3.63, 3.8) is 0 Å². The number of nitro groups is 1. The molecular weight excluding hydrogens is 336 g/mol. The van der Waals surface area contributed by atoms with Crippen molar-refractivity contribution >= 4 is 21.6 Å². The van der Waals surface area contributed by atoms with Gasteiger partial charge in [-0.2, -0.15) is 0 Å². The van der Waals surface area contributed by atoms with Gasteiger partial charge in [0.1, 0.15) is 4.47 Å². The highest BCUT2D eigenvalue weighted by Gasteiger charge is 2.15. The molecule has 2 aromatic rings. The van der Waals surface area contributed by atoms with Crippen molar-refractivity contribution in [1.82, 2.24) is 14.9 Å². The maximum atomic E-state index is 10.9. The summed E-state index contributed by atoms with van der Waals surface area (Å²) in [6.45, 7) is 5.41. The minimum Gasteiger partial charge on any atom is -0.333 e. The first-order valence-electron chi connectivity index (χ1n) is 6.63. The number of nitrogens with zero attached hydrogens (tertiary/aromatic N) is 3. The van der Waals surface area contributed by atoms with Gasteiger partial charge < -0.3 is 9.88 Å². The molecule has 0 bridgehead atoms. The number of imidazole rings is 1. The van der Waals surface area contributed by atoms with Gasteiger partial charge in [-0.1, -0.05) is 26.0 Å². The first kappa shape index (κ1) is 15.7. The highest BCUT2D eigenvalue weighted by atomic mass is 79.9. The van der Waals surface area contributed by atoms with Gasteiger partial charge in [-0.05, 0) is 21.5 Å². The largest absolute Gasteiger partial charge is 0.333 e. The van der Waals surface area contributed by atoms with Gasteiger partial charge in [0.15, 0.2) is 0 Å². The Hall–Kier alpha value is -1.73. The average molecular weight is 353 g/mol. The number of nitrogens with one attached hydrogen (secondary N) is 1. The Morgan fingerprint density at radius 3 is 2.90 bits per heavy atom. The quantitative estimate of drug-likeness (QED) is 0.640. The van der Waals surface area contributed by atoms with Crippen LogP contribution in [0.1, 0.15) is 25.1 Å². The lowest BCUT2D eigenvalue weighted by atomic mass is 10.2. The van der Waals surface area contributed by atoms with Crippen LogP contribution in [0.5, 0.6) is 0 Å². The van der Waals surface area contributed by atoms with Crippen molar-refractivity contribution in [2.75, 3.05) is 0 Å². The third-order valence-electron chi connectivity index (χ3n) is 2.99. The first-order valence-corrected chi connectivity index (χ1v) is 7.42. The van der Waals surface area contributed by atoms with Gasteiger partial charge in [0.05, 0.1) is 16.9 Å². The molecule has 0 spiro atoms. The molecule has 112 valence electrons. The molecule has 1 N–H and O–H groups in total. The second kappa shape index (κ2) is 6.82. The van der Waals surface area contributed by atoms with E-state index in [1.807, 2.05) is 16.8 Å². The standard InChI is InChI=1S/C14H17BrN4O2/c1-10(2)16-6-12-8-18(9-17-12)7-11-4-3-5-13(14(11)15)19(20)21/h3-5,8-10,16H,6-7H2,1-2H3. The summed E-state index contributed by atoms with van der Waals surface area (Å²) >= 11 is 3.31. The average Bonchev–Trinajstić information content (AvgIpc) is 2.86. The number of aromatic nitrogens is 2. The fourth-order valence-corrected chi connectivity index (χ4v) is 2.45. The number of hydrogen-bond donors (Lipinski definition) is 1. The Morgan fingerprint density at radius 1 is 1.48 bits per heavy atom. The van der Waals surface area contributed by atoms with Crippen molar-refractivity contribution in [2.24, 2.45) is 0 Å². The van der Waals surface area contributed by atoms with E-state index < -0.39 is 0 Å². The van der Waals surface area contributed by atoms with Crippen LogP contribution in [-0.4, -0.2) is 20.5 Å². The van der Waals surface area contributed by atoms with E-state index in [0.29, 0.717) is 23.6 Å². The maximum Gasteiger partial charge on any atom is 0.283 e. The Labute approximate surface area is 131 Å². The van der Waals surface area contributed by atoms with E-state index in [0.717, 1.165) is 11.3 Å². The van der Waals surface area contributed by atoms with E-state index in [1.165, 1.54) is 6.07 Å². The first-order chi connectivity index (χ1) is 9.97. The van der Waals surface area contributed by atoms with Crippen molar-refractivity contribution < 1.29 is 4.92 Å². The maximum absolute atomic E-state index is 10.9. The number of hydrogen-bond acceptors (Lipinski definition) is 4. The zero-order chi connectivity index (χ0) is 15.4. The molecule has 7 heteroatoms. The van der Waals surface area contributed by atoms with Gasteiger partial charge in [0.25, 0.3) is 5.69 Å². The van der Waals surface area contributed by atoms with Crippen LogP contribution in [0.15, 0.2) is 35.2 Å². The summed E-state index contributed by atoms with van der Waals surface area (Å²) in [6, 6.07) is 5.44. The van der Waals surface area contributed by atoms with E-state index in [-0.39, 0.29) is 10.6 Å². The van der Waals surface area contributed by atoms with E-state index in [1.54, 1.807) is 12.4 Å². The SMILES string of the molecule is CC(C)NCc1cn(Cc2cccc([N+](=O)[O-])c2Br)cn1. The fraction of sp³-hybridized carbons (Fsp3) is 0.357. The number of benzene rings is 1. The molecule has 0 aliphatic carbocycles. The molecule has 1 heterocycles. The van der Waals surface area contributed by atoms with E-state index >= 15 is 0 Å². The Kier molecular flexibility index (Phi) is 5.08. The lowest BCUT2D eigenvalue weighted by molar-refractivity contribution is -0.385. The van der Waals surface area contributed by atoms with Crippen LogP contribution in [0.3, 0.4) is 0 Å². The molecule has 2 rings (SSSR count). The molecule has 0 aliphatic heterocycles. The molecule has 1 aromatic carbocycles. The predicted molar refractivity (Wildman–Crippen MR) is 84.1 cm³/mol. The zero-order valence-electron chi connectivity index (χ0n) is 11.9. The number of rotatable bonds is 6. The Balaban J connectivity index is 2.12. The second-order valence-corrected chi connectivity index (χ2v) is 5.87. The van der Waals surface area contributed by atoms with Crippen LogP contribution >= 0.6 is 15.9 Å². The molecule has 21 heavy (non-hydrogen) atoms. The highest BCUT2D eigenvalue weighted by Crippen LogP contribution is 2.28. The third kappa shape index (κ3) is 4.12. The van der Waals surface area contributed by atoms with Gasteiger partial charge in [-0.15, -0.1) is 0 Å². The molecule has 0 fully saturated rings. The Morgan fingerprint density at radius 2 is 2.24 bits per heavy atom. The minimum absolute atomic E-state index is 0.0781. The summed E-state index contributed by atoms with van der Waals surface area (Å²) in [5, 5.41) is 14.2. The van der Waals surface area contributed by atoms with Gasteiger partial charge in [0.2, 0.25) is 0 Å². The van der Waals surface area contributed by atoms with E-state index in [4.69, 9.17) is 0 Å². The van der Waals surface area contributed by atoms with Gasteiger partial charge >= 0.3 is 0 Å². The molecule has 0 radical (unpaired) electrons. The number of halogens is 1. The molecule has 0 saturated carbocycles. The van der Waals surface area contributed by atoms with Crippen molar-refractivity contribution in [1.29, 1.82) is 0 Å². The molecule has 0 atom stereocenters. The van der Waals surface area contributed by atoms with Crippen LogP contribution in [-0.2, 0) is 13.1 Å². The summed E-state index contributed by atoms with van der Waals surface area (Å²) in [4.78, 5) is 14.9. The number of nitro benzene ring substituents is 1. The monoisotopic (exact) mass is 352 g/mol. The minimum atomic E-state index is -0.389. The molecular formula is C14H17BrN4O2. The van der Waals surface area contributed by atoms with Crippen molar-refractivity contribution in [2.45, 2.75) is 33.0 Å². The lowest BCUT2D eigenvalue weighted by Crippen LogP contribution is -2.21. The van der Waals surface area contributed by atoms with Crippen molar-refractivity contribution in [3.8, 4) is 0 Å². The van der Waals surface area contributed by atoms with Crippen LogP contribution in [0.25, 0.3) is 0 Å². The second-order valence-electron chi connectivity index (χ2n) is 5.08. The summed E-state index contributed by atoms with van der Waals surface area (Å²) in [7, 11) is 0. The summed E-state index contributed by atoms with van der Waals surface area (Å²) < 4.78 is 2.44. The normalized spacial score (nSPS) is 11.0. The summed E-state index contributed by atoms with van der Waals surface area (Å²) in [5.41, 5.74) is 1.88. The molecule has 6 nitrogen and oxygen atoms in total. The van der Waals surface area contributed by atoms with E-state index in [9.17, 15) is 10.1 Å². The predicted octanol–water partition coefficient (Wildman–Crippen LogP) is 3.10. The lowest BCUT2D eigenvalue weighted by Gasteiger charge is -2.06. The van der Waals surface area contributed by atoms with Gasteiger partial charge in [0, 0.05) is 31.4 Å². The van der Waals surface area contributed by atoms with Crippen molar-refractivity contribution in [3.05, 3.63) is 56.6 Å². The van der Waals surface area contributed by atoms with Gasteiger partial charge in [-0.25, -0.2) is 4.98 Å². The summed E-state index contributed by atoms with van der Waals surface area (Å²) in [5.74, 6) is 0. The van der Waals surface area contributed by atoms with Crippen LogP contribution in [0.4, 0.5) is 5.69 Å². The smallest absolute Gasteiger partial charge is 0.283 e. The zero-order valence-corrected chi connectivity index (χ0v) is 13.5. The topological polar surface area (TPSA) is 73.0 Å². The van der Waals surface area contributed by atoms with Crippen LogP contribution in [0.2, 0.25) is 0 Å². The van der Waals surface area contributed by atoms with Crippen LogP contribution < -0.4 is 5.32 Å². The fourth-order valence-electron chi connectivity index (χ4n) is 1.92.